The van der Waals surface area contributed by atoms with E-state index in [-0.39, 0.29) is 0 Å². The molecule has 1 nitrogen and oxygen atoms in total. The molecule has 0 amide bonds. The minimum atomic E-state index is 0.921. The highest BCUT2D eigenvalue weighted by molar-refractivity contribution is 5.56. The van der Waals surface area contributed by atoms with E-state index >= 15 is 0 Å². The summed E-state index contributed by atoms with van der Waals surface area (Å²) in [6.45, 7) is 5.06. The van der Waals surface area contributed by atoms with Crippen LogP contribution < -0.4 is 0 Å². The quantitative estimate of drug-likeness (QED) is 0.347. The van der Waals surface area contributed by atoms with E-state index in [0.717, 1.165) is 25.8 Å². The van der Waals surface area contributed by atoms with Crippen LogP contribution in [0.25, 0.3) is 0 Å². The van der Waals surface area contributed by atoms with Gasteiger partial charge in [-0.3, -0.25) is 4.99 Å². The monoisotopic (exact) mass is 177 g/mol. The summed E-state index contributed by atoms with van der Waals surface area (Å²) in [5.41, 5.74) is 0. The van der Waals surface area contributed by atoms with Crippen LogP contribution in [0.15, 0.2) is 17.1 Å². The summed E-state index contributed by atoms with van der Waals surface area (Å²) in [7, 11) is 0. The molecule has 0 bridgehead atoms. The molecule has 1 heteroatoms. The van der Waals surface area contributed by atoms with E-state index in [4.69, 9.17) is 0 Å². The Morgan fingerprint density at radius 3 is 2.92 bits per heavy atom. The Morgan fingerprint density at radius 2 is 2.23 bits per heavy atom. The van der Waals surface area contributed by atoms with Gasteiger partial charge in [0.2, 0.25) is 0 Å². The first-order valence-corrected chi connectivity index (χ1v) is 4.99. The maximum Gasteiger partial charge on any atom is 0.0394 e. The van der Waals surface area contributed by atoms with Crippen LogP contribution in [-0.4, -0.2) is 12.8 Å². The van der Waals surface area contributed by atoms with Crippen LogP contribution in [0.1, 0.15) is 39.5 Å². The third-order valence-corrected chi connectivity index (χ3v) is 1.49. The standard InChI is InChI=1S/C12H19N/c1-3-5-7-8-9-10-12-13-11-6-4-2/h3,5,11H,4,6,9-10,12H2,1-2H3. The lowest BCUT2D eigenvalue weighted by Crippen LogP contribution is -1.81. The van der Waals surface area contributed by atoms with Crippen molar-refractivity contribution < 1.29 is 0 Å². The molecule has 0 aromatic rings. The zero-order valence-electron chi connectivity index (χ0n) is 8.71. The lowest BCUT2D eigenvalue weighted by atomic mass is 10.3. The van der Waals surface area contributed by atoms with Gasteiger partial charge in [0.1, 0.15) is 0 Å². The van der Waals surface area contributed by atoms with Crippen molar-refractivity contribution in [3.63, 3.8) is 0 Å². The maximum absolute atomic E-state index is 4.27. The third kappa shape index (κ3) is 11.0. The molecule has 0 aromatic heterocycles. The molecule has 0 unspecified atom stereocenters. The Balaban J connectivity index is 3.22. The molecule has 0 N–H and O–H groups in total. The summed E-state index contributed by atoms with van der Waals surface area (Å²) in [6.07, 6.45) is 10.2. The topological polar surface area (TPSA) is 12.4 Å². The molecular weight excluding hydrogens is 158 g/mol. The lowest BCUT2D eigenvalue weighted by molar-refractivity contribution is 0.867. The van der Waals surface area contributed by atoms with Crippen LogP contribution in [0.2, 0.25) is 0 Å². The Labute approximate surface area is 82.0 Å². The molecule has 0 fully saturated rings. The van der Waals surface area contributed by atoms with Gasteiger partial charge in [-0.05, 0) is 32.1 Å². The first kappa shape index (κ1) is 12.0. The molecule has 0 rings (SSSR count). The molecule has 0 saturated heterocycles. The van der Waals surface area contributed by atoms with Crippen molar-refractivity contribution in [2.75, 3.05) is 6.54 Å². The van der Waals surface area contributed by atoms with Crippen molar-refractivity contribution in [1.29, 1.82) is 0 Å². The number of hydrogen-bond acceptors (Lipinski definition) is 1. The summed E-state index contributed by atoms with van der Waals surface area (Å²) in [6, 6.07) is 0. The van der Waals surface area contributed by atoms with Crippen LogP contribution in [0, 0.1) is 11.8 Å². The van der Waals surface area contributed by atoms with Crippen molar-refractivity contribution in [3.05, 3.63) is 12.2 Å². The second-order valence-corrected chi connectivity index (χ2v) is 2.80. The highest BCUT2D eigenvalue weighted by atomic mass is 14.7. The highest BCUT2D eigenvalue weighted by Gasteiger charge is 1.79. The molecule has 0 spiro atoms. The first-order chi connectivity index (χ1) is 6.41. The number of hydrogen-bond donors (Lipinski definition) is 0. The van der Waals surface area contributed by atoms with Gasteiger partial charge in [0.15, 0.2) is 0 Å². The summed E-state index contributed by atoms with van der Waals surface area (Å²) in [5.74, 6) is 6.02. The van der Waals surface area contributed by atoms with E-state index in [1.165, 1.54) is 6.42 Å². The molecule has 0 saturated carbocycles. The Kier molecular flexibility index (Phi) is 10.1. The third-order valence-electron chi connectivity index (χ3n) is 1.49. The molecule has 0 aliphatic rings. The predicted molar refractivity (Wildman–Crippen MR) is 60.1 cm³/mol. The van der Waals surface area contributed by atoms with Crippen LogP contribution in [-0.2, 0) is 0 Å². The largest absolute Gasteiger partial charge is 0.298 e. The van der Waals surface area contributed by atoms with Crippen molar-refractivity contribution in [1.82, 2.24) is 0 Å². The average Bonchev–Trinajstić information content (AvgIpc) is 2.16. The Hall–Kier alpha value is -1.03. The van der Waals surface area contributed by atoms with Gasteiger partial charge in [-0.2, -0.15) is 0 Å². The molecule has 0 aliphatic heterocycles. The second-order valence-electron chi connectivity index (χ2n) is 2.80. The van der Waals surface area contributed by atoms with Crippen molar-refractivity contribution >= 4 is 6.21 Å². The summed E-state index contributed by atoms with van der Waals surface area (Å²) in [4.78, 5) is 4.27. The van der Waals surface area contributed by atoms with Gasteiger partial charge in [-0.1, -0.05) is 31.3 Å². The summed E-state index contributed by atoms with van der Waals surface area (Å²) >= 11 is 0. The number of allylic oxidation sites excluding steroid dienone is 2. The fourth-order valence-corrected chi connectivity index (χ4v) is 0.785. The van der Waals surface area contributed by atoms with Gasteiger partial charge in [0.05, 0.1) is 0 Å². The Morgan fingerprint density at radius 1 is 1.38 bits per heavy atom. The van der Waals surface area contributed by atoms with Gasteiger partial charge < -0.3 is 0 Å². The van der Waals surface area contributed by atoms with E-state index in [0.29, 0.717) is 0 Å². The molecule has 0 aromatic carbocycles. The van der Waals surface area contributed by atoms with Gasteiger partial charge in [-0.25, -0.2) is 0 Å². The van der Waals surface area contributed by atoms with Crippen LogP contribution in [0.5, 0.6) is 0 Å². The minimum absolute atomic E-state index is 0.921. The molecular formula is C12H19N. The van der Waals surface area contributed by atoms with Crippen LogP contribution >= 0.6 is 0 Å². The van der Waals surface area contributed by atoms with Crippen molar-refractivity contribution in [2.24, 2.45) is 4.99 Å². The van der Waals surface area contributed by atoms with Crippen molar-refractivity contribution in [3.8, 4) is 11.8 Å². The second kappa shape index (κ2) is 11.0. The van der Waals surface area contributed by atoms with E-state index in [1.54, 1.807) is 0 Å². The molecule has 0 radical (unpaired) electrons. The zero-order chi connectivity index (χ0) is 9.78. The molecule has 0 aliphatic carbocycles. The number of aliphatic imine (C=N–C) groups is 1. The SMILES string of the molecule is CC=CC#CCCCN=CCCC. The molecule has 0 heterocycles. The minimum Gasteiger partial charge on any atom is -0.298 e. The van der Waals surface area contributed by atoms with Gasteiger partial charge >= 0.3 is 0 Å². The van der Waals surface area contributed by atoms with E-state index in [1.807, 2.05) is 25.3 Å². The number of unbranched alkanes of at least 4 members (excludes halogenated alkanes) is 2. The van der Waals surface area contributed by atoms with Gasteiger partial charge in [0, 0.05) is 13.0 Å². The maximum atomic E-state index is 4.27. The van der Waals surface area contributed by atoms with E-state index < -0.39 is 0 Å². The average molecular weight is 177 g/mol. The molecule has 0 atom stereocenters. The Bertz CT molecular complexity index is 203. The molecule has 72 valence electrons. The van der Waals surface area contributed by atoms with Gasteiger partial charge in [0.25, 0.3) is 0 Å². The van der Waals surface area contributed by atoms with Crippen molar-refractivity contribution in [2.45, 2.75) is 39.5 Å². The highest BCUT2D eigenvalue weighted by Crippen LogP contribution is 1.88. The predicted octanol–water partition coefficient (Wildman–Crippen LogP) is 3.22. The smallest absolute Gasteiger partial charge is 0.0394 e. The fourth-order valence-electron chi connectivity index (χ4n) is 0.785. The normalized spacial score (nSPS) is 10.6. The molecule has 13 heavy (non-hydrogen) atoms. The van der Waals surface area contributed by atoms with E-state index in [2.05, 4.69) is 23.8 Å². The number of rotatable bonds is 5. The van der Waals surface area contributed by atoms with E-state index in [9.17, 15) is 0 Å². The fraction of sp³-hybridized carbons (Fsp3) is 0.583. The lowest BCUT2D eigenvalue weighted by Gasteiger charge is -1.88. The summed E-state index contributed by atoms with van der Waals surface area (Å²) < 4.78 is 0. The number of nitrogens with zero attached hydrogens (tertiary/aromatic N) is 1. The van der Waals surface area contributed by atoms with Gasteiger partial charge in [-0.15, -0.1) is 0 Å². The van der Waals surface area contributed by atoms with Crippen LogP contribution in [0.4, 0.5) is 0 Å². The summed E-state index contributed by atoms with van der Waals surface area (Å²) in [5, 5.41) is 0. The first-order valence-electron chi connectivity index (χ1n) is 4.99. The van der Waals surface area contributed by atoms with Crippen LogP contribution in [0.3, 0.4) is 0 Å². The zero-order valence-corrected chi connectivity index (χ0v) is 8.71.